The van der Waals surface area contributed by atoms with Crippen LogP contribution >= 0.6 is 17.0 Å². The van der Waals surface area contributed by atoms with Crippen LogP contribution in [0.1, 0.15) is 25.0 Å². The minimum Gasteiger partial charge on any atom is -0.114 e. The van der Waals surface area contributed by atoms with Gasteiger partial charge in [-0.2, -0.15) is 0 Å². The molecule has 0 N–H and O–H groups in total. The minimum absolute atomic E-state index is 0. The van der Waals surface area contributed by atoms with Gasteiger partial charge >= 0.3 is 0 Å². The van der Waals surface area contributed by atoms with Gasteiger partial charge in [-0.3, -0.25) is 0 Å². The SMILES string of the molecule is Br.C=C(C)C.C=Cc1ccc(C)cc1. The van der Waals surface area contributed by atoms with Crippen molar-refractivity contribution in [3.63, 3.8) is 0 Å². The highest BCUT2D eigenvalue weighted by Crippen LogP contribution is 2.02. The molecular formula is C13H19Br. The summed E-state index contributed by atoms with van der Waals surface area (Å²) in [5, 5.41) is 0. The number of aryl methyl sites for hydroxylation is 1. The van der Waals surface area contributed by atoms with Crippen LogP contribution < -0.4 is 0 Å². The Bertz CT molecular complexity index is 266. The third kappa shape index (κ3) is 9.27. The number of allylic oxidation sites excluding steroid dienone is 1. The molecule has 0 saturated carbocycles. The molecule has 0 heterocycles. The van der Waals surface area contributed by atoms with Gasteiger partial charge in [-0.15, -0.1) is 23.6 Å². The zero-order chi connectivity index (χ0) is 10.3. The molecule has 0 atom stereocenters. The molecule has 1 aromatic carbocycles. The Morgan fingerprint density at radius 3 is 1.79 bits per heavy atom. The van der Waals surface area contributed by atoms with E-state index in [2.05, 4.69) is 44.3 Å². The van der Waals surface area contributed by atoms with Crippen molar-refractivity contribution >= 4 is 23.1 Å². The molecule has 0 radical (unpaired) electrons. The molecule has 0 aliphatic rings. The van der Waals surface area contributed by atoms with Crippen LogP contribution in [-0.2, 0) is 0 Å². The molecule has 0 aromatic heterocycles. The van der Waals surface area contributed by atoms with Crippen LogP contribution in [0.25, 0.3) is 6.08 Å². The van der Waals surface area contributed by atoms with E-state index in [9.17, 15) is 0 Å². The fraction of sp³-hybridized carbons (Fsp3) is 0.231. The lowest BCUT2D eigenvalue weighted by atomic mass is 10.2. The van der Waals surface area contributed by atoms with Crippen molar-refractivity contribution in [1.29, 1.82) is 0 Å². The normalized spacial score (nSPS) is 7.64. The van der Waals surface area contributed by atoms with E-state index < -0.39 is 0 Å². The second kappa shape index (κ2) is 8.76. The van der Waals surface area contributed by atoms with Crippen molar-refractivity contribution in [2.45, 2.75) is 20.8 Å². The molecule has 0 fully saturated rings. The maximum Gasteiger partial charge on any atom is -0.0262 e. The van der Waals surface area contributed by atoms with Crippen molar-refractivity contribution in [2.75, 3.05) is 0 Å². The van der Waals surface area contributed by atoms with E-state index in [1.54, 1.807) is 0 Å². The van der Waals surface area contributed by atoms with E-state index in [1.165, 1.54) is 16.7 Å². The molecule has 1 heteroatoms. The zero-order valence-electron chi connectivity index (χ0n) is 9.21. The lowest BCUT2D eigenvalue weighted by Crippen LogP contribution is -1.71. The number of rotatable bonds is 1. The number of hydrogen-bond donors (Lipinski definition) is 0. The van der Waals surface area contributed by atoms with E-state index >= 15 is 0 Å². The summed E-state index contributed by atoms with van der Waals surface area (Å²) in [5.41, 5.74) is 3.64. The topological polar surface area (TPSA) is 0 Å². The third-order valence-corrected chi connectivity index (χ3v) is 1.31. The summed E-state index contributed by atoms with van der Waals surface area (Å²) in [5.74, 6) is 0. The highest BCUT2D eigenvalue weighted by molar-refractivity contribution is 8.93. The highest BCUT2D eigenvalue weighted by Gasteiger charge is 1.82. The second-order valence-electron chi connectivity index (χ2n) is 3.32. The highest BCUT2D eigenvalue weighted by atomic mass is 79.9. The fourth-order valence-corrected chi connectivity index (χ4v) is 0.703. The number of halogens is 1. The van der Waals surface area contributed by atoms with Crippen LogP contribution in [0.5, 0.6) is 0 Å². The molecule has 1 aromatic rings. The Hall–Kier alpha value is -0.820. The molecule has 14 heavy (non-hydrogen) atoms. The summed E-state index contributed by atoms with van der Waals surface area (Å²) >= 11 is 0. The maximum absolute atomic E-state index is 3.66. The van der Waals surface area contributed by atoms with Gasteiger partial charge in [0.15, 0.2) is 0 Å². The van der Waals surface area contributed by atoms with Gasteiger partial charge in [0.05, 0.1) is 0 Å². The Labute approximate surface area is 98.1 Å². The number of benzene rings is 1. The average molecular weight is 255 g/mol. The molecule has 0 aliphatic carbocycles. The third-order valence-electron chi connectivity index (χ3n) is 1.31. The Balaban J connectivity index is 0. The summed E-state index contributed by atoms with van der Waals surface area (Å²) in [4.78, 5) is 0. The fourth-order valence-electron chi connectivity index (χ4n) is 0.703. The summed E-state index contributed by atoms with van der Waals surface area (Å²) < 4.78 is 0. The zero-order valence-corrected chi connectivity index (χ0v) is 10.9. The van der Waals surface area contributed by atoms with Crippen LogP contribution in [0.2, 0.25) is 0 Å². The first-order chi connectivity index (χ1) is 6.06. The predicted molar refractivity (Wildman–Crippen MR) is 72.1 cm³/mol. The van der Waals surface area contributed by atoms with Gasteiger partial charge in [-0.1, -0.05) is 48.1 Å². The smallest absolute Gasteiger partial charge is 0.0262 e. The van der Waals surface area contributed by atoms with Crippen molar-refractivity contribution < 1.29 is 0 Å². The lowest BCUT2D eigenvalue weighted by Gasteiger charge is -1.91. The average Bonchev–Trinajstić information content (AvgIpc) is 2.05. The molecule has 0 aliphatic heterocycles. The van der Waals surface area contributed by atoms with Gasteiger partial charge < -0.3 is 0 Å². The molecule has 0 saturated heterocycles. The minimum atomic E-state index is 0. The Morgan fingerprint density at radius 2 is 1.50 bits per heavy atom. The van der Waals surface area contributed by atoms with Crippen molar-refractivity contribution in [3.05, 3.63) is 54.1 Å². The first kappa shape index (κ1) is 15.6. The van der Waals surface area contributed by atoms with Crippen LogP contribution in [0.3, 0.4) is 0 Å². The van der Waals surface area contributed by atoms with Gasteiger partial charge in [0.1, 0.15) is 0 Å². The summed E-state index contributed by atoms with van der Waals surface area (Å²) in [7, 11) is 0. The van der Waals surface area contributed by atoms with Crippen LogP contribution in [0.15, 0.2) is 43.0 Å². The van der Waals surface area contributed by atoms with Crippen molar-refractivity contribution in [3.8, 4) is 0 Å². The first-order valence-electron chi connectivity index (χ1n) is 4.37. The molecule has 1 rings (SSSR count). The molecule has 0 amide bonds. The standard InChI is InChI=1S/C9H10.C4H8.BrH/c1-3-9-6-4-8(2)5-7-9;1-4(2)3;/h3-7H,1H2,2H3;1H2,2-3H3;1H. The molecular weight excluding hydrogens is 236 g/mol. The van der Waals surface area contributed by atoms with Crippen LogP contribution in [0, 0.1) is 6.92 Å². The van der Waals surface area contributed by atoms with Gasteiger partial charge in [-0.05, 0) is 26.3 Å². The van der Waals surface area contributed by atoms with E-state index in [-0.39, 0.29) is 17.0 Å². The monoisotopic (exact) mass is 254 g/mol. The van der Waals surface area contributed by atoms with Gasteiger partial charge in [-0.25, -0.2) is 0 Å². The molecule has 0 spiro atoms. The Morgan fingerprint density at radius 1 is 1.14 bits per heavy atom. The van der Waals surface area contributed by atoms with Crippen molar-refractivity contribution in [1.82, 2.24) is 0 Å². The van der Waals surface area contributed by atoms with E-state index in [0.717, 1.165) is 0 Å². The summed E-state index contributed by atoms with van der Waals surface area (Å²) in [6.45, 7) is 13.2. The summed E-state index contributed by atoms with van der Waals surface area (Å²) in [6.07, 6.45) is 1.85. The molecule has 78 valence electrons. The van der Waals surface area contributed by atoms with Gasteiger partial charge in [0, 0.05) is 0 Å². The quantitative estimate of drug-likeness (QED) is 0.632. The predicted octanol–water partition coefficient (Wildman–Crippen LogP) is 4.80. The van der Waals surface area contributed by atoms with E-state index in [1.807, 2.05) is 19.9 Å². The summed E-state index contributed by atoms with van der Waals surface area (Å²) in [6, 6.07) is 8.28. The van der Waals surface area contributed by atoms with E-state index in [4.69, 9.17) is 0 Å². The molecule has 0 unspecified atom stereocenters. The largest absolute Gasteiger partial charge is 0.114 e. The van der Waals surface area contributed by atoms with Crippen LogP contribution in [-0.4, -0.2) is 0 Å². The van der Waals surface area contributed by atoms with Crippen molar-refractivity contribution in [2.24, 2.45) is 0 Å². The van der Waals surface area contributed by atoms with Crippen LogP contribution in [0.4, 0.5) is 0 Å². The van der Waals surface area contributed by atoms with Gasteiger partial charge in [0.2, 0.25) is 0 Å². The van der Waals surface area contributed by atoms with E-state index in [0.29, 0.717) is 0 Å². The Kier molecular flexibility index (Phi) is 9.79. The second-order valence-corrected chi connectivity index (χ2v) is 3.32. The van der Waals surface area contributed by atoms with Gasteiger partial charge in [0.25, 0.3) is 0 Å². The lowest BCUT2D eigenvalue weighted by molar-refractivity contribution is 1.42. The molecule has 0 bridgehead atoms. The first-order valence-corrected chi connectivity index (χ1v) is 4.37. The maximum atomic E-state index is 3.66. The number of hydrogen-bond acceptors (Lipinski definition) is 0. The molecule has 0 nitrogen and oxygen atoms in total.